The van der Waals surface area contributed by atoms with Crippen LogP contribution in [-0.2, 0) is 6.42 Å². The van der Waals surface area contributed by atoms with E-state index in [1.54, 1.807) is 0 Å². The smallest absolute Gasteiger partial charge is 0.0208 e. The second-order valence-electron chi connectivity index (χ2n) is 4.19. The number of thioether (sulfide) groups is 2. The van der Waals surface area contributed by atoms with Gasteiger partial charge in [-0.25, -0.2) is 0 Å². The minimum atomic E-state index is 0.704. The van der Waals surface area contributed by atoms with Gasteiger partial charge >= 0.3 is 0 Å². The molecule has 0 amide bonds. The maximum atomic E-state index is 3.56. The largest absolute Gasteiger partial charge is 0.314 e. The first-order valence-electron chi connectivity index (χ1n) is 5.78. The summed E-state index contributed by atoms with van der Waals surface area (Å²) in [5.74, 6) is 0. The molecule has 1 heterocycles. The van der Waals surface area contributed by atoms with E-state index in [2.05, 4.69) is 36.0 Å². The molecule has 1 aromatic carbocycles. The van der Waals surface area contributed by atoms with Crippen molar-refractivity contribution in [3.8, 4) is 0 Å². The minimum Gasteiger partial charge on any atom is -0.314 e. The molecule has 0 aliphatic carbocycles. The van der Waals surface area contributed by atoms with Crippen LogP contribution in [-0.4, -0.2) is 25.1 Å². The lowest BCUT2D eigenvalue weighted by molar-refractivity contribution is 0.602. The molecule has 3 heteroatoms. The lowest BCUT2D eigenvalue weighted by Gasteiger charge is -2.12. The molecule has 1 fully saturated rings. The highest BCUT2D eigenvalue weighted by Gasteiger charge is 2.14. The topological polar surface area (TPSA) is 12.0 Å². The molecular weight excluding hydrogens is 234 g/mol. The van der Waals surface area contributed by atoms with Gasteiger partial charge in [0, 0.05) is 15.8 Å². The van der Waals surface area contributed by atoms with Crippen molar-refractivity contribution in [2.45, 2.75) is 35.1 Å². The molecule has 1 unspecified atom stereocenters. The van der Waals surface area contributed by atoms with Gasteiger partial charge in [0.05, 0.1) is 0 Å². The second kappa shape index (κ2) is 5.99. The van der Waals surface area contributed by atoms with E-state index in [-0.39, 0.29) is 0 Å². The van der Waals surface area contributed by atoms with E-state index in [4.69, 9.17) is 0 Å². The van der Waals surface area contributed by atoms with Gasteiger partial charge in [0.25, 0.3) is 0 Å². The molecule has 0 aromatic heterocycles. The fraction of sp³-hybridized carbons (Fsp3) is 0.538. The maximum absolute atomic E-state index is 3.56. The van der Waals surface area contributed by atoms with E-state index >= 15 is 0 Å². The van der Waals surface area contributed by atoms with Crippen LogP contribution in [0.15, 0.2) is 28.0 Å². The van der Waals surface area contributed by atoms with E-state index in [1.165, 1.54) is 41.2 Å². The average molecular weight is 253 g/mol. The predicted molar refractivity (Wildman–Crippen MR) is 74.7 cm³/mol. The van der Waals surface area contributed by atoms with Crippen LogP contribution >= 0.6 is 23.5 Å². The lowest BCUT2D eigenvalue weighted by atomic mass is 10.0. The fourth-order valence-corrected chi connectivity index (χ4v) is 3.73. The van der Waals surface area contributed by atoms with Gasteiger partial charge < -0.3 is 5.32 Å². The Kier molecular flexibility index (Phi) is 4.62. The van der Waals surface area contributed by atoms with Gasteiger partial charge in [-0.3, -0.25) is 0 Å². The van der Waals surface area contributed by atoms with Crippen molar-refractivity contribution in [3.63, 3.8) is 0 Å². The summed E-state index contributed by atoms with van der Waals surface area (Å²) in [5, 5.41) is 3.56. The van der Waals surface area contributed by atoms with Gasteiger partial charge in [-0.05, 0) is 56.0 Å². The molecule has 1 aliphatic heterocycles. The van der Waals surface area contributed by atoms with Gasteiger partial charge in [-0.1, -0.05) is 6.07 Å². The molecule has 88 valence electrons. The van der Waals surface area contributed by atoms with E-state index < -0.39 is 0 Å². The summed E-state index contributed by atoms with van der Waals surface area (Å²) < 4.78 is 0. The molecule has 0 radical (unpaired) electrons. The fourth-order valence-electron chi connectivity index (χ4n) is 2.22. The summed E-state index contributed by atoms with van der Waals surface area (Å²) in [5.41, 5.74) is 1.47. The molecule has 1 N–H and O–H groups in total. The van der Waals surface area contributed by atoms with Crippen LogP contribution in [0.3, 0.4) is 0 Å². The first-order valence-corrected chi connectivity index (χ1v) is 8.22. The average Bonchev–Trinajstić information content (AvgIpc) is 2.81. The Bertz CT molecular complexity index is 346. The number of hydrogen-bond donors (Lipinski definition) is 1. The number of hydrogen-bond acceptors (Lipinski definition) is 3. The van der Waals surface area contributed by atoms with Gasteiger partial charge in [0.15, 0.2) is 0 Å². The molecule has 2 rings (SSSR count). The van der Waals surface area contributed by atoms with E-state index in [0.717, 1.165) is 0 Å². The van der Waals surface area contributed by atoms with Crippen LogP contribution in [0, 0.1) is 0 Å². The predicted octanol–water partition coefficient (Wildman–Crippen LogP) is 3.42. The van der Waals surface area contributed by atoms with Crippen molar-refractivity contribution < 1.29 is 0 Å². The Labute approximate surface area is 107 Å². The summed E-state index contributed by atoms with van der Waals surface area (Å²) in [6, 6.07) is 7.61. The number of benzene rings is 1. The van der Waals surface area contributed by atoms with Crippen LogP contribution < -0.4 is 5.32 Å². The van der Waals surface area contributed by atoms with E-state index in [0.29, 0.717) is 6.04 Å². The molecule has 16 heavy (non-hydrogen) atoms. The lowest BCUT2D eigenvalue weighted by Crippen LogP contribution is -2.23. The molecule has 0 spiro atoms. The van der Waals surface area contributed by atoms with E-state index in [9.17, 15) is 0 Å². The summed E-state index contributed by atoms with van der Waals surface area (Å²) in [6.45, 7) is 1.20. The van der Waals surface area contributed by atoms with Crippen molar-refractivity contribution in [3.05, 3.63) is 23.8 Å². The molecule has 0 bridgehead atoms. The number of nitrogens with one attached hydrogen (secondary N) is 1. The third-order valence-electron chi connectivity index (χ3n) is 3.09. The highest BCUT2D eigenvalue weighted by Crippen LogP contribution is 2.29. The van der Waals surface area contributed by atoms with Gasteiger partial charge in [0.2, 0.25) is 0 Å². The van der Waals surface area contributed by atoms with Crippen LogP contribution in [0.25, 0.3) is 0 Å². The maximum Gasteiger partial charge on any atom is 0.0208 e. The Morgan fingerprint density at radius 3 is 2.69 bits per heavy atom. The minimum absolute atomic E-state index is 0.704. The Morgan fingerprint density at radius 1 is 1.25 bits per heavy atom. The summed E-state index contributed by atoms with van der Waals surface area (Å²) in [6.07, 6.45) is 8.16. The van der Waals surface area contributed by atoms with Crippen LogP contribution in [0.1, 0.15) is 18.4 Å². The zero-order valence-electron chi connectivity index (χ0n) is 9.95. The molecule has 1 aromatic rings. The monoisotopic (exact) mass is 253 g/mol. The molecule has 1 atom stereocenters. The Morgan fingerprint density at radius 2 is 2.06 bits per heavy atom. The van der Waals surface area contributed by atoms with Crippen molar-refractivity contribution in [1.82, 2.24) is 5.32 Å². The van der Waals surface area contributed by atoms with Crippen LogP contribution in [0.4, 0.5) is 0 Å². The highest BCUT2D eigenvalue weighted by atomic mass is 32.2. The van der Waals surface area contributed by atoms with Crippen molar-refractivity contribution in [2.75, 3.05) is 19.1 Å². The highest BCUT2D eigenvalue weighted by molar-refractivity contribution is 8.01. The first kappa shape index (κ1) is 12.3. The molecule has 1 nitrogen and oxygen atoms in total. The summed E-state index contributed by atoms with van der Waals surface area (Å²) in [7, 11) is 0. The van der Waals surface area contributed by atoms with Crippen molar-refractivity contribution >= 4 is 23.5 Å². The molecular formula is C13H19NS2. The molecule has 1 saturated heterocycles. The third-order valence-corrected chi connectivity index (χ3v) is 4.80. The quantitative estimate of drug-likeness (QED) is 0.826. The SMILES string of the molecule is CSc1ccc(CC2CCCN2)cc1SC. The Balaban J connectivity index is 2.09. The van der Waals surface area contributed by atoms with Crippen molar-refractivity contribution in [2.24, 2.45) is 0 Å². The van der Waals surface area contributed by atoms with E-state index in [1.807, 2.05) is 23.5 Å². The summed E-state index contributed by atoms with van der Waals surface area (Å²) in [4.78, 5) is 2.82. The van der Waals surface area contributed by atoms with Crippen molar-refractivity contribution in [1.29, 1.82) is 0 Å². The summed E-state index contributed by atoms with van der Waals surface area (Å²) >= 11 is 3.69. The van der Waals surface area contributed by atoms with Crippen LogP contribution in [0.5, 0.6) is 0 Å². The third kappa shape index (κ3) is 2.96. The standard InChI is InChI=1S/C13H19NS2/c1-15-12-6-5-10(9-13(12)16-2)8-11-4-3-7-14-11/h5-6,9,11,14H,3-4,7-8H2,1-2H3. The first-order chi connectivity index (χ1) is 7.83. The Hall–Kier alpha value is -0.120. The normalized spacial score (nSPS) is 20.2. The van der Waals surface area contributed by atoms with Gasteiger partial charge in [-0.15, -0.1) is 23.5 Å². The molecule has 0 saturated carbocycles. The molecule has 1 aliphatic rings. The zero-order chi connectivity index (χ0) is 11.4. The second-order valence-corrected chi connectivity index (χ2v) is 5.88. The number of rotatable bonds is 4. The van der Waals surface area contributed by atoms with Crippen LogP contribution in [0.2, 0.25) is 0 Å². The van der Waals surface area contributed by atoms with Gasteiger partial charge in [-0.2, -0.15) is 0 Å². The van der Waals surface area contributed by atoms with Gasteiger partial charge in [0.1, 0.15) is 0 Å². The zero-order valence-corrected chi connectivity index (χ0v) is 11.6.